The first-order valence-corrected chi connectivity index (χ1v) is 10.2. The summed E-state index contributed by atoms with van der Waals surface area (Å²) in [5.74, 6) is -1.71. The number of benzene rings is 1. The highest BCUT2D eigenvalue weighted by Crippen LogP contribution is 2.40. The van der Waals surface area contributed by atoms with Crippen molar-refractivity contribution in [2.45, 2.75) is 44.8 Å². The Morgan fingerprint density at radius 3 is 2.65 bits per heavy atom. The van der Waals surface area contributed by atoms with Gasteiger partial charge in [-0.1, -0.05) is 24.3 Å². The minimum Gasteiger partial charge on any atom is -0.349 e. The highest BCUT2D eigenvalue weighted by Gasteiger charge is 2.39. The van der Waals surface area contributed by atoms with Gasteiger partial charge in [-0.15, -0.1) is 0 Å². The summed E-state index contributed by atoms with van der Waals surface area (Å²) < 4.78 is 38.8. The molecule has 1 aromatic heterocycles. The Morgan fingerprint density at radius 1 is 1.29 bits per heavy atom. The normalized spacial score (nSPS) is 17.7. The minimum atomic E-state index is -4.17. The van der Waals surface area contributed by atoms with E-state index in [9.17, 15) is 22.8 Å². The highest BCUT2D eigenvalue weighted by atomic mass is 19.4. The zero-order chi connectivity index (χ0) is 22.8. The van der Waals surface area contributed by atoms with Gasteiger partial charge in [0, 0.05) is 43.7 Å². The summed E-state index contributed by atoms with van der Waals surface area (Å²) >= 11 is 0. The first kappa shape index (κ1) is 22.8. The number of rotatable bonds is 5. The number of hydrogen-bond donors (Lipinski definition) is 1. The van der Waals surface area contributed by atoms with Gasteiger partial charge in [-0.2, -0.15) is 13.2 Å². The largest absolute Gasteiger partial charge is 0.392 e. The molecular weight excluding hydrogens is 407 g/mol. The van der Waals surface area contributed by atoms with Gasteiger partial charge in [0.15, 0.2) is 0 Å². The summed E-state index contributed by atoms with van der Waals surface area (Å²) in [4.78, 5) is 30.3. The van der Waals surface area contributed by atoms with Crippen molar-refractivity contribution in [2.75, 3.05) is 14.1 Å². The average molecular weight is 433 g/mol. The number of pyridine rings is 1. The molecule has 8 heteroatoms. The van der Waals surface area contributed by atoms with Crippen LogP contribution in [0.1, 0.15) is 48.5 Å². The summed E-state index contributed by atoms with van der Waals surface area (Å²) in [5.41, 5.74) is 2.68. The number of para-hydroxylation sites is 1. The second kappa shape index (κ2) is 9.08. The number of hydrogen-bond acceptors (Lipinski definition) is 3. The van der Waals surface area contributed by atoms with E-state index in [1.54, 1.807) is 33.2 Å². The molecule has 3 rings (SSSR count). The van der Waals surface area contributed by atoms with Crippen molar-refractivity contribution >= 4 is 28.3 Å². The first-order valence-electron chi connectivity index (χ1n) is 10.2. The molecule has 1 aromatic carbocycles. The Bertz CT molecular complexity index is 1010. The molecule has 0 saturated carbocycles. The van der Waals surface area contributed by atoms with Crippen LogP contribution in [0, 0.1) is 5.92 Å². The number of carbonyl (C=O) groups excluding carboxylic acids is 2. The predicted molar refractivity (Wildman–Crippen MR) is 113 cm³/mol. The van der Waals surface area contributed by atoms with Crippen LogP contribution in [0.15, 0.2) is 36.5 Å². The molecule has 2 amide bonds. The molecular formula is C23H26F3N3O2. The van der Waals surface area contributed by atoms with Gasteiger partial charge >= 0.3 is 6.18 Å². The lowest BCUT2D eigenvalue weighted by molar-refractivity contribution is -0.175. The van der Waals surface area contributed by atoms with E-state index in [0.29, 0.717) is 17.5 Å². The van der Waals surface area contributed by atoms with Crippen molar-refractivity contribution in [1.29, 1.82) is 0 Å². The highest BCUT2D eigenvalue weighted by molar-refractivity contribution is 5.99. The van der Waals surface area contributed by atoms with Gasteiger partial charge in [0.25, 0.3) is 5.91 Å². The van der Waals surface area contributed by atoms with E-state index in [-0.39, 0.29) is 37.1 Å². The van der Waals surface area contributed by atoms with Crippen LogP contribution in [0.25, 0.3) is 16.5 Å². The first-order chi connectivity index (χ1) is 14.6. The Labute approximate surface area is 179 Å². The SMILES string of the molecule is C[C@H](CC(=O)N(C)C)NC(=O)c1cnc2c(C3=CC[C@@H](C(F)(F)F)CC3)cccc2c1. The van der Waals surface area contributed by atoms with E-state index in [1.165, 1.54) is 11.1 Å². The molecule has 0 bridgehead atoms. The number of nitrogens with zero attached hydrogens (tertiary/aromatic N) is 2. The second-order valence-corrected chi connectivity index (χ2v) is 8.21. The summed E-state index contributed by atoms with van der Waals surface area (Å²) in [6, 6.07) is 6.87. The summed E-state index contributed by atoms with van der Waals surface area (Å²) in [7, 11) is 3.32. The molecule has 1 N–H and O–H groups in total. The zero-order valence-corrected chi connectivity index (χ0v) is 17.8. The Kier molecular flexibility index (Phi) is 6.67. The molecule has 0 spiro atoms. The van der Waals surface area contributed by atoms with Crippen LogP contribution in [0.4, 0.5) is 13.2 Å². The van der Waals surface area contributed by atoms with Crippen molar-refractivity contribution in [3.63, 3.8) is 0 Å². The Hall–Kier alpha value is -2.90. The van der Waals surface area contributed by atoms with Crippen molar-refractivity contribution in [2.24, 2.45) is 5.92 Å². The van der Waals surface area contributed by atoms with E-state index in [2.05, 4.69) is 10.3 Å². The monoisotopic (exact) mass is 433 g/mol. The molecule has 1 heterocycles. The standard InChI is InChI=1S/C23H26F3N3O2/c1-14(11-20(30)29(2)3)28-22(31)17-12-16-5-4-6-19(21(16)27-13-17)15-7-9-18(10-8-15)23(24,25)26/h4-7,12-14,18H,8-11H2,1-3H3,(H,28,31)/t14-,18-/m1/s1. The van der Waals surface area contributed by atoms with Gasteiger partial charge in [0.2, 0.25) is 5.91 Å². The fourth-order valence-corrected chi connectivity index (χ4v) is 3.72. The van der Waals surface area contributed by atoms with Gasteiger partial charge in [-0.3, -0.25) is 14.6 Å². The van der Waals surface area contributed by atoms with Crippen LogP contribution in [-0.2, 0) is 4.79 Å². The van der Waals surface area contributed by atoms with Crippen LogP contribution in [0.2, 0.25) is 0 Å². The maximum absolute atomic E-state index is 12.9. The molecule has 31 heavy (non-hydrogen) atoms. The lowest BCUT2D eigenvalue weighted by Crippen LogP contribution is -2.37. The van der Waals surface area contributed by atoms with E-state index in [1.807, 2.05) is 18.2 Å². The fourth-order valence-electron chi connectivity index (χ4n) is 3.72. The molecule has 2 aromatic rings. The van der Waals surface area contributed by atoms with Gasteiger partial charge in [-0.25, -0.2) is 0 Å². The minimum absolute atomic E-state index is 0.0285. The topological polar surface area (TPSA) is 62.3 Å². The van der Waals surface area contributed by atoms with E-state index >= 15 is 0 Å². The molecule has 0 saturated heterocycles. The number of aromatic nitrogens is 1. The van der Waals surface area contributed by atoms with Crippen molar-refractivity contribution in [3.05, 3.63) is 47.7 Å². The van der Waals surface area contributed by atoms with Crippen LogP contribution >= 0.6 is 0 Å². The van der Waals surface area contributed by atoms with E-state index in [4.69, 9.17) is 0 Å². The molecule has 2 atom stereocenters. The van der Waals surface area contributed by atoms with Gasteiger partial charge in [-0.05, 0) is 37.8 Å². The lowest BCUT2D eigenvalue weighted by atomic mass is 9.85. The molecule has 0 unspecified atom stereocenters. The maximum atomic E-state index is 12.9. The van der Waals surface area contributed by atoms with E-state index in [0.717, 1.165) is 16.5 Å². The number of alkyl halides is 3. The number of fused-ring (bicyclic) bond motifs is 1. The third-order valence-electron chi connectivity index (χ3n) is 5.55. The van der Waals surface area contributed by atoms with Crippen LogP contribution in [0.5, 0.6) is 0 Å². The number of allylic oxidation sites excluding steroid dienone is 2. The third-order valence-corrected chi connectivity index (χ3v) is 5.55. The zero-order valence-electron chi connectivity index (χ0n) is 17.8. The third kappa shape index (κ3) is 5.42. The molecule has 1 aliphatic carbocycles. The van der Waals surface area contributed by atoms with Gasteiger partial charge in [0.1, 0.15) is 0 Å². The lowest BCUT2D eigenvalue weighted by Gasteiger charge is -2.24. The maximum Gasteiger partial charge on any atom is 0.392 e. The quantitative estimate of drug-likeness (QED) is 0.751. The van der Waals surface area contributed by atoms with Gasteiger partial charge in [0.05, 0.1) is 17.0 Å². The molecule has 1 aliphatic rings. The number of amides is 2. The Morgan fingerprint density at radius 2 is 2.03 bits per heavy atom. The van der Waals surface area contributed by atoms with Crippen LogP contribution in [-0.4, -0.2) is 48.0 Å². The molecule has 0 aliphatic heterocycles. The molecule has 0 fully saturated rings. The summed E-state index contributed by atoms with van der Waals surface area (Å²) in [6.07, 6.45) is -0.488. The second-order valence-electron chi connectivity index (χ2n) is 8.21. The van der Waals surface area contributed by atoms with Crippen molar-refractivity contribution in [3.8, 4) is 0 Å². The number of halogens is 3. The molecule has 166 valence electrons. The predicted octanol–water partition coefficient (Wildman–Crippen LogP) is 4.58. The van der Waals surface area contributed by atoms with Crippen LogP contribution < -0.4 is 5.32 Å². The van der Waals surface area contributed by atoms with Crippen molar-refractivity contribution in [1.82, 2.24) is 15.2 Å². The molecule has 5 nitrogen and oxygen atoms in total. The average Bonchev–Trinajstić information content (AvgIpc) is 2.72. The number of nitrogens with one attached hydrogen (secondary N) is 1. The van der Waals surface area contributed by atoms with E-state index < -0.39 is 12.1 Å². The fraction of sp³-hybridized carbons (Fsp3) is 0.435. The summed E-state index contributed by atoms with van der Waals surface area (Å²) in [5, 5.41) is 3.54. The summed E-state index contributed by atoms with van der Waals surface area (Å²) in [6.45, 7) is 1.76. The Balaban J connectivity index is 1.78. The smallest absolute Gasteiger partial charge is 0.349 e. The number of carbonyl (C=O) groups is 2. The molecule has 0 radical (unpaired) electrons. The van der Waals surface area contributed by atoms with Crippen LogP contribution in [0.3, 0.4) is 0 Å². The van der Waals surface area contributed by atoms with Crippen molar-refractivity contribution < 1.29 is 22.8 Å². The van der Waals surface area contributed by atoms with Gasteiger partial charge < -0.3 is 10.2 Å².